The average Bonchev–Trinajstić information content (AvgIpc) is 3.21. The largest absolute Gasteiger partial charge is 0.461 e. The summed E-state index contributed by atoms with van der Waals surface area (Å²) in [5.41, 5.74) is 0.225. The van der Waals surface area contributed by atoms with Gasteiger partial charge in [-0.3, -0.25) is 4.79 Å². The molecule has 0 aromatic heterocycles. The molecule has 0 aromatic carbocycles. The van der Waals surface area contributed by atoms with E-state index in [0.29, 0.717) is 12.3 Å². The van der Waals surface area contributed by atoms with Crippen LogP contribution in [0.1, 0.15) is 79.1 Å². The predicted molar refractivity (Wildman–Crippen MR) is 107 cm³/mol. The minimum atomic E-state index is -0.529. The molecular formula is C23H36O4. The highest BCUT2D eigenvalue weighted by Crippen LogP contribution is 2.38. The lowest BCUT2D eigenvalue weighted by Crippen LogP contribution is -2.32. The highest BCUT2D eigenvalue weighted by atomic mass is 16.6. The summed E-state index contributed by atoms with van der Waals surface area (Å²) in [5.74, 6) is -0.341. The molecule has 152 valence electrons. The van der Waals surface area contributed by atoms with Gasteiger partial charge in [-0.25, -0.2) is 4.79 Å². The third kappa shape index (κ3) is 7.15. The minimum absolute atomic E-state index is 0.112. The van der Waals surface area contributed by atoms with Gasteiger partial charge in [0.25, 0.3) is 0 Å². The number of unbranched alkanes of at least 4 members (excludes halogenated alkanes) is 5. The molecule has 2 bridgehead atoms. The standard InChI is InChI=1S/C23H36O4/c1-5-6-7-8-9-10-11-19(21(24)27-23(2,3)4)16-26-22(25)20-15-17-12-13-18(20)14-17/h12-13,15,17-19H,5-11,14,16H2,1-4H3. The molecule has 0 aliphatic heterocycles. The molecule has 27 heavy (non-hydrogen) atoms. The molecule has 2 aliphatic carbocycles. The summed E-state index contributed by atoms with van der Waals surface area (Å²) >= 11 is 0. The Balaban J connectivity index is 1.82. The van der Waals surface area contributed by atoms with Crippen molar-refractivity contribution in [2.45, 2.75) is 84.7 Å². The zero-order valence-corrected chi connectivity index (χ0v) is 17.5. The van der Waals surface area contributed by atoms with E-state index in [2.05, 4.69) is 19.1 Å². The molecule has 0 saturated carbocycles. The van der Waals surface area contributed by atoms with Gasteiger partial charge < -0.3 is 9.47 Å². The Labute approximate surface area is 164 Å². The van der Waals surface area contributed by atoms with Gasteiger partial charge in [0, 0.05) is 11.5 Å². The maximum atomic E-state index is 12.5. The lowest BCUT2D eigenvalue weighted by molar-refractivity contribution is -0.163. The monoisotopic (exact) mass is 376 g/mol. The van der Waals surface area contributed by atoms with Crippen molar-refractivity contribution in [3.8, 4) is 0 Å². The molecular weight excluding hydrogens is 340 g/mol. The first kappa shape index (κ1) is 21.7. The van der Waals surface area contributed by atoms with Crippen LogP contribution >= 0.6 is 0 Å². The van der Waals surface area contributed by atoms with Crippen LogP contribution in [0.2, 0.25) is 0 Å². The van der Waals surface area contributed by atoms with Crippen LogP contribution in [0.5, 0.6) is 0 Å². The Kier molecular flexibility index (Phi) is 8.12. The summed E-state index contributed by atoms with van der Waals surface area (Å²) in [5, 5.41) is 0. The van der Waals surface area contributed by atoms with E-state index in [4.69, 9.17) is 9.47 Å². The van der Waals surface area contributed by atoms with Crippen LogP contribution in [0.25, 0.3) is 0 Å². The van der Waals surface area contributed by atoms with Crippen LogP contribution in [0, 0.1) is 17.8 Å². The average molecular weight is 377 g/mol. The van der Waals surface area contributed by atoms with Gasteiger partial charge in [0.1, 0.15) is 12.2 Å². The molecule has 4 heteroatoms. The number of fused-ring (bicyclic) bond motifs is 2. The second kappa shape index (κ2) is 10.1. The Bertz CT molecular complexity index is 567. The topological polar surface area (TPSA) is 52.6 Å². The fraction of sp³-hybridized carbons (Fsp3) is 0.739. The first-order valence-electron chi connectivity index (χ1n) is 10.6. The van der Waals surface area contributed by atoms with Gasteiger partial charge in [-0.05, 0) is 39.5 Å². The Morgan fingerprint density at radius 3 is 2.41 bits per heavy atom. The fourth-order valence-electron chi connectivity index (χ4n) is 3.74. The smallest absolute Gasteiger partial charge is 0.334 e. The molecule has 0 fully saturated rings. The van der Waals surface area contributed by atoms with Crippen molar-refractivity contribution in [3.05, 3.63) is 23.8 Å². The Morgan fingerprint density at radius 2 is 1.81 bits per heavy atom. The minimum Gasteiger partial charge on any atom is -0.461 e. The van der Waals surface area contributed by atoms with Gasteiger partial charge in [-0.2, -0.15) is 0 Å². The SMILES string of the molecule is CCCCCCCCC(COC(=O)C1=CC2C=CC1C2)C(=O)OC(C)(C)C. The molecule has 3 atom stereocenters. The summed E-state index contributed by atoms with van der Waals surface area (Å²) in [7, 11) is 0. The number of hydrogen-bond acceptors (Lipinski definition) is 4. The molecule has 3 unspecified atom stereocenters. The van der Waals surface area contributed by atoms with Crippen molar-refractivity contribution in [2.24, 2.45) is 17.8 Å². The van der Waals surface area contributed by atoms with E-state index in [9.17, 15) is 9.59 Å². The number of esters is 2. The van der Waals surface area contributed by atoms with Crippen LogP contribution in [-0.2, 0) is 19.1 Å². The molecule has 0 saturated heterocycles. The first-order chi connectivity index (χ1) is 12.8. The van der Waals surface area contributed by atoms with Gasteiger partial charge in [-0.1, -0.05) is 63.7 Å². The summed E-state index contributed by atoms with van der Waals surface area (Å²) in [4.78, 5) is 25.0. The molecule has 0 heterocycles. The lowest BCUT2D eigenvalue weighted by Gasteiger charge is -2.24. The van der Waals surface area contributed by atoms with Gasteiger partial charge in [0.2, 0.25) is 0 Å². The fourth-order valence-corrected chi connectivity index (χ4v) is 3.74. The second-order valence-electron chi connectivity index (χ2n) is 8.90. The van der Waals surface area contributed by atoms with Crippen LogP contribution in [-0.4, -0.2) is 24.1 Å². The van der Waals surface area contributed by atoms with Gasteiger partial charge in [-0.15, -0.1) is 0 Å². The quantitative estimate of drug-likeness (QED) is 0.276. The molecule has 2 aliphatic rings. The summed E-state index contributed by atoms with van der Waals surface area (Å²) in [6.07, 6.45) is 14.9. The number of rotatable bonds is 11. The van der Waals surface area contributed by atoms with E-state index in [1.165, 1.54) is 25.7 Å². The summed E-state index contributed by atoms with van der Waals surface area (Å²) in [6.45, 7) is 7.91. The molecule has 4 nitrogen and oxygen atoms in total. The van der Waals surface area contributed by atoms with Crippen molar-refractivity contribution in [3.63, 3.8) is 0 Å². The van der Waals surface area contributed by atoms with Gasteiger partial charge in [0.15, 0.2) is 0 Å². The highest BCUT2D eigenvalue weighted by Gasteiger charge is 2.34. The predicted octanol–water partition coefficient (Wildman–Crippen LogP) is 5.37. The van der Waals surface area contributed by atoms with E-state index in [1.807, 2.05) is 26.8 Å². The van der Waals surface area contributed by atoms with Gasteiger partial charge >= 0.3 is 11.9 Å². The number of allylic oxidation sites excluding steroid dienone is 3. The maximum Gasteiger partial charge on any atom is 0.334 e. The van der Waals surface area contributed by atoms with E-state index in [-0.39, 0.29) is 30.4 Å². The number of carbonyl (C=O) groups is 2. The first-order valence-corrected chi connectivity index (χ1v) is 10.6. The second-order valence-corrected chi connectivity index (χ2v) is 8.90. The van der Waals surface area contributed by atoms with Crippen molar-refractivity contribution >= 4 is 11.9 Å². The van der Waals surface area contributed by atoms with E-state index >= 15 is 0 Å². The molecule has 0 aromatic rings. The Morgan fingerprint density at radius 1 is 1.11 bits per heavy atom. The summed E-state index contributed by atoms with van der Waals surface area (Å²) in [6, 6.07) is 0. The molecule has 0 radical (unpaired) electrons. The van der Waals surface area contributed by atoms with Gasteiger partial charge in [0.05, 0.1) is 5.92 Å². The zero-order chi connectivity index (χ0) is 19.9. The Hall–Kier alpha value is -1.58. The van der Waals surface area contributed by atoms with E-state index in [1.54, 1.807) is 0 Å². The van der Waals surface area contributed by atoms with Crippen LogP contribution in [0.3, 0.4) is 0 Å². The normalized spacial score (nSPS) is 21.9. The molecule has 0 amide bonds. The van der Waals surface area contributed by atoms with E-state index < -0.39 is 5.60 Å². The van der Waals surface area contributed by atoms with Crippen LogP contribution in [0.4, 0.5) is 0 Å². The molecule has 0 N–H and O–H groups in total. The van der Waals surface area contributed by atoms with Crippen LogP contribution < -0.4 is 0 Å². The third-order valence-electron chi connectivity index (χ3n) is 5.21. The van der Waals surface area contributed by atoms with E-state index in [0.717, 1.165) is 24.8 Å². The number of hydrogen-bond donors (Lipinski definition) is 0. The van der Waals surface area contributed by atoms with Crippen LogP contribution in [0.15, 0.2) is 23.8 Å². The number of carbonyl (C=O) groups excluding carboxylic acids is 2. The zero-order valence-electron chi connectivity index (χ0n) is 17.5. The van der Waals surface area contributed by atoms with Crippen molar-refractivity contribution in [1.29, 1.82) is 0 Å². The van der Waals surface area contributed by atoms with Crippen molar-refractivity contribution < 1.29 is 19.1 Å². The maximum absolute atomic E-state index is 12.5. The molecule has 2 rings (SSSR count). The number of ether oxygens (including phenoxy) is 2. The third-order valence-corrected chi connectivity index (χ3v) is 5.21. The van der Waals surface area contributed by atoms with Crippen molar-refractivity contribution in [1.82, 2.24) is 0 Å². The van der Waals surface area contributed by atoms with Crippen molar-refractivity contribution in [2.75, 3.05) is 6.61 Å². The lowest BCUT2D eigenvalue weighted by atomic mass is 10.00. The highest BCUT2D eigenvalue weighted by molar-refractivity contribution is 5.90. The molecule has 0 spiro atoms. The summed E-state index contributed by atoms with van der Waals surface area (Å²) < 4.78 is 11.1.